The summed E-state index contributed by atoms with van der Waals surface area (Å²) < 4.78 is 31.8. The molecule has 150 valence electrons. The minimum Gasteiger partial charge on any atom is -0.497 e. The molecule has 0 amide bonds. The van der Waals surface area contributed by atoms with Gasteiger partial charge in [0, 0.05) is 6.54 Å². The topological polar surface area (TPSA) is 122 Å². The van der Waals surface area contributed by atoms with Gasteiger partial charge in [-0.1, -0.05) is 26.0 Å². The van der Waals surface area contributed by atoms with E-state index in [4.69, 9.17) is 4.74 Å². The highest BCUT2D eigenvalue weighted by atomic mass is 32.2. The highest BCUT2D eigenvalue weighted by Crippen LogP contribution is 2.18. The number of benzene rings is 1. The summed E-state index contributed by atoms with van der Waals surface area (Å²) in [6, 6.07) is 7.69. The number of aromatic amines is 1. The van der Waals surface area contributed by atoms with Gasteiger partial charge in [0.25, 0.3) is 0 Å². The Morgan fingerprint density at radius 3 is 2.57 bits per heavy atom. The van der Waals surface area contributed by atoms with Crippen LogP contribution < -0.4 is 14.8 Å². The van der Waals surface area contributed by atoms with Crippen molar-refractivity contribution >= 4 is 27.0 Å². The number of methoxy groups -OCH3 is 1. The summed E-state index contributed by atoms with van der Waals surface area (Å²) >= 11 is 0. The van der Waals surface area contributed by atoms with Crippen molar-refractivity contribution in [2.24, 2.45) is 5.92 Å². The standard InChI is InChI=1S/C18H24N6O3S/c1-12(2)10-28(25,26)22-9-15-23-17(16-18(24-15)21-11-20-16)19-8-13-4-6-14(27-3)7-5-13/h4-7,11-12,22H,8-10H2,1-3H3,(H2,19,20,21,23,24). The van der Waals surface area contributed by atoms with Gasteiger partial charge in [-0.15, -0.1) is 0 Å². The van der Waals surface area contributed by atoms with Gasteiger partial charge in [0.1, 0.15) is 17.1 Å². The van der Waals surface area contributed by atoms with E-state index in [0.29, 0.717) is 29.4 Å². The molecule has 0 unspecified atom stereocenters. The van der Waals surface area contributed by atoms with E-state index >= 15 is 0 Å². The first-order valence-electron chi connectivity index (χ1n) is 8.90. The van der Waals surface area contributed by atoms with Crippen LogP contribution in [-0.4, -0.2) is 41.2 Å². The predicted octanol–water partition coefficient (Wildman–Crippen LogP) is 2.05. The van der Waals surface area contributed by atoms with Crippen molar-refractivity contribution in [1.82, 2.24) is 24.7 Å². The summed E-state index contributed by atoms with van der Waals surface area (Å²) in [4.78, 5) is 16.0. The molecule has 0 aliphatic rings. The van der Waals surface area contributed by atoms with Gasteiger partial charge < -0.3 is 15.0 Å². The number of hydrogen-bond acceptors (Lipinski definition) is 7. The van der Waals surface area contributed by atoms with Crippen molar-refractivity contribution in [2.45, 2.75) is 26.9 Å². The van der Waals surface area contributed by atoms with Crippen LogP contribution in [0.25, 0.3) is 11.2 Å². The SMILES string of the molecule is COc1ccc(CNc2nc(CNS(=O)(=O)CC(C)C)nc3nc[nH]c23)cc1. The van der Waals surface area contributed by atoms with Crippen LogP contribution in [0.5, 0.6) is 5.75 Å². The summed E-state index contributed by atoms with van der Waals surface area (Å²) in [5.74, 6) is 1.80. The third-order valence-electron chi connectivity index (χ3n) is 3.95. The van der Waals surface area contributed by atoms with Crippen LogP contribution in [0.4, 0.5) is 5.82 Å². The molecule has 3 N–H and O–H groups in total. The molecule has 10 heteroatoms. The number of ether oxygens (including phenoxy) is 1. The highest BCUT2D eigenvalue weighted by Gasteiger charge is 2.15. The number of fused-ring (bicyclic) bond motifs is 1. The van der Waals surface area contributed by atoms with Gasteiger partial charge in [0.15, 0.2) is 11.5 Å². The predicted molar refractivity (Wildman–Crippen MR) is 107 cm³/mol. The lowest BCUT2D eigenvalue weighted by Crippen LogP contribution is -2.29. The first kappa shape index (κ1) is 20.0. The van der Waals surface area contributed by atoms with Crippen molar-refractivity contribution in [3.8, 4) is 5.75 Å². The molecule has 3 rings (SSSR count). The minimum atomic E-state index is -3.38. The Labute approximate surface area is 164 Å². The first-order chi connectivity index (χ1) is 13.4. The highest BCUT2D eigenvalue weighted by molar-refractivity contribution is 7.89. The van der Waals surface area contributed by atoms with Crippen LogP contribution in [0.2, 0.25) is 0 Å². The second-order valence-electron chi connectivity index (χ2n) is 6.79. The largest absolute Gasteiger partial charge is 0.497 e. The van der Waals surface area contributed by atoms with Crippen LogP contribution in [0, 0.1) is 5.92 Å². The molecule has 0 saturated carbocycles. The summed E-state index contributed by atoms with van der Waals surface area (Å²) in [5.41, 5.74) is 2.19. The van der Waals surface area contributed by atoms with Crippen LogP contribution in [0.3, 0.4) is 0 Å². The fourth-order valence-corrected chi connectivity index (χ4v) is 4.03. The molecule has 0 aliphatic heterocycles. The lowest BCUT2D eigenvalue weighted by atomic mass is 10.2. The van der Waals surface area contributed by atoms with Crippen molar-refractivity contribution < 1.29 is 13.2 Å². The molecule has 3 aromatic rings. The summed E-state index contributed by atoms with van der Waals surface area (Å²) in [5, 5.41) is 3.26. The van der Waals surface area contributed by atoms with Crippen molar-refractivity contribution in [3.05, 3.63) is 42.0 Å². The van der Waals surface area contributed by atoms with Crippen LogP contribution in [0.15, 0.2) is 30.6 Å². The summed E-state index contributed by atoms with van der Waals surface area (Å²) in [6.07, 6.45) is 1.53. The molecule has 28 heavy (non-hydrogen) atoms. The van der Waals surface area contributed by atoms with E-state index < -0.39 is 10.0 Å². The number of nitrogens with zero attached hydrogens (tertiary/aromatic N) is 3. The van der Waals surface area contributed by atoms with Gasteiger partial charge in [-0.2, -0.15) is 0 Å². The number of rotatable bonds is 9. The molecule has 0 spiro atoms. The molecule has 9 nitrogen and oxygen atoms in total. The molecule has 1 aromatic carbocycles. The van der Waals surface area contributed by atoms with Gasteiger partial charge in [-0.3, -0.25) is 0 Å². The number of H-pyrrole nitrogens is 1. The summed E-state index contributed by atoms with van der Waals surface area (Å²) in [6.45, 7) is 4.25. The van der Waals surface area contributed by atoms with E-state index in [0.717, 1.165) is 11.3 Å². The maximum absolute atomic E-state index is 12.1. The summed E-state index contributed by atoms with van der Waals surface area (Å²) in [7, 11) is -1.76. The lowest BCUT2D eigenvalue weighted by Gasteiger charge is -2.11. The molecule has 0 saturated heterocycles. The second-order valence-corrected chi connectivity index (χ2v) is 8.64. The van der Waals surface area contributed by atoms with Crippen molar-refractivity contribution in [2.75, 3.05) is 18.2 Å². The van der Waals surface area contributed by atoms with Gasteiger partial charge in [-0.05, 0) is 23.6 Å². The molecular weight excluding hydrogens is 380 g/mol. The first-order valence-corrected chi connectivity index (χ1v) is 10.6. The fourth-order valence-electron chi connectivity index (χ4n) is 2.69. The maximum atomic E-state index is 12.1. The Morgan fingerprint density at radius 1 is 1.14 bits per heavy atom. The van der Waals surface area contributed by atoms with Gasteiger partial charge in [0.05, 0.1) is 25.7 Å². The van der Waals surface area contributed by atoms with Crippen LogP contribution >= 0.6 is 0 Å². The molecule has 0 radical (unpaired) electrons. The van der Waals surface area contributed by atoms with E-state index in [-0.39, 0.29) is 18.2 Å². The quantitative estimate of drug-likeness (QED) is 0.499. The fraction of sp³-hybridized carbons (Fsp3) is 0.389. The lowest BCUT2D eigenvalue weighted by molar-refractivity contribution is 0.414. The molecule has 2 aromatic heterocycles. The number of anilines is 1. The average molecular weight is 404 g/mol. The zero-order valence-electron chi connectivity index (χ0n) is 16.1. The van der Waals surface area contributed by atoms with E-state index in [9.17, 15) is 8.42 Å². The zero-order chi connectivity index (χ0) is 20.1. The van der Waals surface area contributed by atoms with E-state index in [1.807, 2.05) is 38.1 Å². The molecule has 2 heterocycles. The average Bonchev–Trinajstić information content (AvgIpc) is 3.13. The molecular formula is C18H24N6O3S. The van der Waals surface area contributed by atoms with Gasteiger partial charge in [0.2, 0.25) is 10.0 Å². The zero-order valence-corrected chi connectivity index (χ0v) is 16.9. The number of hydrogen-bond donors (Lipinski definition) is 3. The van der Waals surface area contributed by atoms with E-state index in [2.05, 4.69) is 30.0 Å². The number of aromatic nitrogens is 4. The smallest absolute Gasteiger partial charge is 0.212 e. The molecule has 0 atom stereocenters. The Hall–Kier alpha value is -2.72. The Kier molecular flexibility index (Phi) is 6.10. The number of sulfonamides is 1. The Morgan fingerprint density at radius 2 is 1.89 bits per heavy atom. The third-order valence-corrected chi connectivity index (χ3v) is 5.64. The van der Waals surface area contributed by atoms with Crippen LogP contribution in [0.1, 0.15) is 25.2 Å². The molecule has 0 aliphatic carbocycles. The third kappa shape index (κ3) is 5.17. The molecule has 0 bridgehead atoms. The number of nitrogens with one attached hydrogen (secondary N) is 3. The van der Waals surface area contributed by atoms with Crippen molar-refractivity contribution in [3.63, 3.8) is 0 Å². The maximum Gasteiger partial charge on any atom is 0.212 e. The van der Waals surface area contributed by atoms with Gasteiger partial charge >= 0.3 is 0 Å². The molecule has 0 fully saturated rings. The van der Waals surface area contributed by atoms with E-state index in [1.54, 1.807) is 7.11 Å². The minimum absolute atomic E-state index is 0.00900. The van der Waals surface area contributed by atoms with Crippen LogP contribution in [-0.2, 0) is 23.1 Å². The Balaban J connectivity index is 1.75. The Bertz CT molecular complexity index is 1030. The van der Waals surface area contributed by atoms with Crippen molar-refractivity contribution in [1.29, 1.82) is 0 Å². The normalized spacial score (nSPS) is 11.9. The van der Waals surface area contributed by atoms with Gasteiger partial charge in [-0.25, -0.2) is 28.1 Å². The monoisotopic (exact) mass is 404 g/mol. The van der Waals surface area contributed by atoms with E-state index in [1.165, 1.54) is 6.33 Å². The number of imidazole rings is 1. The second kappa shape index (κ2) is 8.53.